The minimum absolute atomic E-state index is 0.724. The molecule has 1 aliphatic rings. The largest absolute Gasteiger partial charge is 0.385 e. The zero-order valence-electron chi connectivity index (χ0n) is 7.72. The number of rotatable bonds is 0. The van der Waals surface area contributed by atoms with Crippen LogP contribution in [0.15, 0.2) is 18.2 Å². The first-order valence-corrected chi connectivity index (χ1v) is 4.62. The normalized spacial score (nSPS) is 21.3. The van der Waals surface area contributed by atoms with Gasteiger partial charge >= 0.3 is 0 Å². The van der Waals surface area contributed by atoms with Crippen LogP contribution in [0.2, 0.25) is 0 Å². The lowest BCUT2D eigenvalue weighted by Gasteiger charge is -2.24. The third kappa shape index (κ3) is 1.20. The van der Waals surface area contributed by atoms with Gasteiger partial charge in [0.15, 0.2) is 0 Å². The second-order valence-corrected chi connectivity index (χ2v) is 3.71. The minimum Gasteiger partial charge on any atom is -0.385 e. The highest BCUT2D eigenvalue weighted by Crippen LogP contribution is 2.31. The van der Waals surface area contributed by atoms with E-state index in [1.165, 1.54) is 23.2 Å². The van der Waals surface area contributed by atoms with Crippen LogP contribution in [0.1, 0.15) is 30.4 Å². The summed E-state index contributed by atoms with van der Waals surface area (Å²) in [6.45, 7) is 5.56. The van der Waals surface area contributed by atoms with Gasteiger partial charge in [0.1, 0.15) is 0 Å². The molecule has 1 nitrogen and oxygen atoms in total. The average Bonchev–Trinajstić information content (AvgIpc) is 2.04. The Labute approximate surface area is 73.8 Å². The molecule has 0 spiro atoms. The number of hydrogen-bond acceptors (Lipinski definition) is 1. The van der Waals surface area contributed by atoms with Gasteiger partial charge in [0.25, 0.3) is 0 Å². The molecule has 1 aromatic carbocycles. The molecule has 0 radical (unpaired) electrons. The fourth-order valence-corrected chi connectivity index (χ4v) is 1.83. The van der Waals surface area contributed by atoms with Crippen molar-refractivity contribution >= 4 is 5.69 Å². The summed E-state index contributed by atoms with van der Waals surface area (Å²) in [5.41, 5.74) is 4.16. The van der Waals surface area contributed by atoms with Gasteiger partial charge < -0.3 is 5.32 Å². The van der Waals surface area contributed by atoms with Crippen molar-refractivity contribution < 1.29 is 0 Å². The van der Waals surface area contributed by atoms with Crippen molar-refractivity contribution in [3.8, 4) is 0 Å². The summed E-state index contributed by atoms with van der Waals surface area (Å²) in [6, 6.07) is 6.69. The fraction of sp³-hybridized carbons (Fsp3) is 0.455. The van der Waals surface area contributed by atoms with Crippen molar-refractivity contribution in [1.82, 2.24) is 0 Å². The van der Waals surface area contributed by atoms with E-state index >= 15 is 0 Å². The van der Waals surface area contributed by atoms with Gasteiger partial charge in [-0.05, 0) is 36.5 Å². The van der Waals surface area contributed by atoms with E-state index in [1.54, 1.807) is 0 Å². The first-order valence-electron chi connectivity index (χ1n) is 4.62. The van der Waals surface area contributed by atoms with Gasteiger partial charge in [-0.3, -0.25) is 0 Å². The molecule has 0 saturated heterocycles. The Morgan fingerprint density at radius 2 is 2.25 bits per heavy atom. The van der Waals surface area contributed by atoms with E-state index in [-0.39, 0.29) is 0 Å². The monoisotopic (exact) mass is 161 g/mol. The zero-order valence-corrected chi connectivity index (χ0v) is 7.72. The summed E-state index contributed by atoms with van der Waals surface area (Å²) < 4.78 is 0. The molecule has 1 heteroatoms. The lowest BCUT2D eigenvalue weighted by Crippen LogP contribution is -2.14. The molecule has 0 fully saturated rings. The predicted octanol–water partition coefficient (Wildman–Crippen LogP) is 2.91. The van der Waals surface area contributed by atoms with Crippen molar-refractivity contribution in [2.45, 2.75) is 26.2 Å². The highest BCUT2D eigenvalue weighted by atomic mass is 14.9. The predicted molar refractivity (Wildman–Crippen MR) is 52.7 cm³/mol. The van der Waals surface area contributed by atoms with Gasteiger partial charge in [-0.2, -0.15) is 0 Å². The smallest absolute Gasteiger partial charge is 0.0378 e. The molecule has 64 valence electrons. The first kappa shape index (κ1) is 7.66. The number of aryl methyl sites for hydroxylation is 1. The molecule has 1 unspecified atom stereocenters. The number of anilines is 1. The van der Waals surface area contributed by atoms with Crippen LogP contribution in [0, 0.1) is 6.92 Å². The van der Waals surface area contributed by atoms with Crippen molar-refractivity contribution in [1.29, 1.82) is 0 Å². The van der Waals surface area contributed by atoms with Crippen LogP contribution in [0.3, 0.4) is 0 Å². The van der Waals surface area contributed by atoms with Gasteiger partial charge in [-0.25, -0.2) is 0 Å². The van der Waals surface area contributed by atoms with Crippen LogP contribution in [0.4, 0.5) is 5.69 Å². The number of benzene rings is 1. The van der Waals surface area contributed by atoms with E-state index < -0.39 is 0 Å². The Morgan fingerprint density at radius 3 is 3.08 bits per heavy atom. The van der Waals surface area contributed by atoms with Gasteiger partial charge in [-0.1, -0.05) is 19.1 Å². The molecule has 0 aliphatic carbocycles. The van der Waals surface area contributed by atoms with Gasteiger partial charge in [0, 0.05) is 12.2 Å². The lowest BCUT2D eigenvalue weighted by molar-refractivity contribution is 0.683. The highest BCUT2D eigenvalue weighted by molar-refractivity contribution is 5.56. The van der Waals surface area contributed by atoms with Crippen LogP contribution in [-0.4, -0.2) is 6.54 Å². The molecule has 1 atom stereocenters. The average molecular weight is 161 g/mol. The Balaban J connectivity index is 2.46. The van der Waals surface area contributed by atoms with Crippen LogP contribution < -0.4 is 5.32 Å². The fourth-order valence-electron chi connectivity index (χ4n) is 1.83. The van der Waals surface area contributed by atoms with Crippen molar-refractivity contribution in [2.75, 3.05) is 11.9 Å². The van der Waals surface area contributed by atoms with E-state index in [0.717, 1.165) is 12.5 Å². The molecule has 1 N–H and O–H groups in total. The van der Waals surface area contributed by atoms with Crippen LogP contribution in [-0.2, 0) is 0 Å². The summed E-state index contributed by atoms with van der Waals surface area (Å²) in [6.07, 6.45) is 1.26. The summed E-state index contributed by atoms with van der Waals surface area (Å²) in [5, 5.41) is 3.43. The van der Waals surface area contributed by atoms with E-state index in [4.69, 9.17) is 0 Å². The Hall–Kier alpha value is -0.980. The first-order chi connectivity index (χ1) is 5.77. The maximum absolute atomic E-state index is 3.43. The van der Waals surface area contributed by atoms with Gasteiger partial charge in [0.2, 0.25) is 0 Å². The molecule has 0 aromatic heterocycles. The molecule has 2 rings (SSSR count). The Bertz CT molecular complexity index is 291. The number of hydrogen-bond donors (Lipinski definition) is 1. The molecule has 12 heavy (non-hydrogen) atoms. The summed E-state index contributed by atoms with van der Waals surface area (Å²) in [7, 11) is 0. The second-order valence-electron chi connectivity index (χ2n) is 3.71. The number of fused-ring (bicyclic) bond motifs is 1. The summed E-state index contributed by atoms with van der Waals surface area (Å²) >= 11 is 0. The molecule has 0 bridgehead atoms. The van der Waals surface area contributed by atoms with Gasteiger partial charge in [-0.15, -0.1) is 0 Å². The SMILES string of the molecule is Cc1ccc2c(c1)NCCC2C. The van der Waals surface area contributed by atoms with Crippen LogP contribution in [0.5, 0.6) is 0 Å². The summed E-state index contributed by atoms with van der Waals surface area (Å²) in [5.74, 6) is 0.724. The quantitative estimate of drug-likeness (QED) is 0.617. The minimum atomic E-state index is 0.724. The molecular weight excluding hydrogens is 146 g/mol. The topological polar surface area (TPSA) is 12.0 Å². The molecule has 0 saturated carbocycles. The third-order valence-electron chi connectivity index (χ3n) is 2.63. The highest BCUT2D eigenvalue weighted by Gasteiger charge is 2.14. The molecular formula is C11H15N. The van der Waals surface area contributed by atoms with E-state index in [2.05, 4.69) is 37.4 Å². The van der Waals surface area contributed by atoms with Crippen molar-refractivity contribution in [2.24, 2.45) is 0 Å². The standard InChI is InChI=1S/C11H15N/c1-8-3-4-10-9(2)5-6-12-11(10)7-8/h3-4,7,9,12H,5-6H2,1-2H3. The maximum Gasteiger partial charge on any atom is 0.0378 e. The molecule has 1 aliphatic heterocycles. The third-order valence-corrected chi connectivity index (χ3v) is 2.63. The Kier molecular flexibility index (Phi) is 1.80. The van der Waals surface area contributed by atoms with E-state index in [0.29, 0.717) is 0 Å². The second kappa shape index (κ2) is 2.81. The van der Waals surface area contributed by atoms with Crippen molar-refractivity contribution in [3.63, 3.8) is 0 Å². The van der Waals surface area contributed by atoms with Crippen molar-refractivity contribution in [3.05, 3.63) is 29.3 Å². The summed E-state index contributed by atoms with van der Waals surface area (Å²) in [4.78, 5) is 0. The van der Waals surface area contributed by atoms with E-state index in [1.807, 2.05) is 0 Å². The van der Waals surface area contributed by atoms with Crippen LogP contribution in [0.25, 0.3) is 0 Å². The van der Waals surface area contributed by atoms with Crippen LogP contribution >= 0.6 is 0 Å². The zero-order chi connectivity index (χ0) is 8.55. The van der Waals surface area contributed by atoms with Gasteiger partial charge in [0.05, 0.1) is 0 Å². The van der Waals surface area contributed by atoms with E-state index in [9.17, 15) is 0 Å². The molecule has 0 amide bonds. The lowest BCUT2D eigenvalue weighted by atomic mass is 9.92. The number of nitrogens with one attached hydrogen (secondary N) is 1. The Morgan fingerprint density at radius 1 is 1.42 bits per heavy atom. The molecule has 1 aromatic rings. The molecule has 1 heterocycles. The maximum atomic E-state index is 3.43.